The van der Waals surface area contributed by atoms with E-state index in [1.54, 1.807) is 27.7 Å². The van der Waals surface area contributed by atoms with E-state index in [9.17, 15) is 14.4 Å². The summed E-state index contributed by atoms with van der Waals surface area (Å²) in [5.41, 5.74) is -0.623. The fraction of sp³-hybridized carbons (Fsp3) is 0.769. The predicted octanol–water partition coefficient (Wildman–Crippen LogP) is 0.786. The van der Waals surface area contributed by atoms with Crippen LogP contribution in [-0.2, 0) is 23.9 Å². The molecule has 1 aliphatic rings. The number of hydrogen-bond acceptors (Lipinski definition) is 5. The van der Waals surface area contributed by atoms with Crippen molar-refractivity contribution >= 4 is 17.8 Å². The fourth-order valence-electron chi connectivity index (χ4n) is 1.67. The first-order valence-corrected chi connectivity index (χ1v) is 6.43. The van der Waals surface area contributed by atoms with Gasteiger partial charge in [-0.3, -0.25) is 9.59 Å². The Hall–Kier alpha value is -1.59. The maximum atomic E-state index is 11.8. The molecule has 0 aliphatic carbocycles. The minimum absolute atomic E-state index is 0.115. The predicted molar refractivity (Wildman–Crippen MR) is 67.1 cm³/mol. The lowest BCUT2D eigenvalue weighted by molar-refractivity contribution is -0.177. The highest BCUT2D eigenvalue weighted by atomic mass is 16.6. The number of ether oxygens (including phenoxy) is 2. The second kappa shape index (κ2) is 6.04. The molecule has 0 spiro atoms. The van der Waals surface area contributed by atoms with E-state index in [4.69, 9.17) is 9.47 Å². The molecule has 1 amide bonds. The van der Waals surface area contributed by atoms with Gasteiger partial charge in [-0.1, -0.05) is 6.92 Å². The lowest BCUT2D eigenvalue weighted by atomic mass is 10.1. The second-order valence-electron chi connectivity index (χ2n) is 5.57. The summed E-state index contributed by atoms with van der Waals surface area (Å²) in [5.74, 6) is -1.77. The summed E-state index contributed by atoms with van der Waals surface area (Å²) in [6, 6.07) is 0. The fourth-order valence-corrected chi connectivity index (χ4v) is 1.67. The van der Waals surface area contributed by atoms with Crippen LogP contribution in [0.1, 0.15) is 40.5 Å². The molecule has 19 heavy (non-hydrogen) atoms. The number of rotatable bonds is 4. The van der Waals surface area contributed by atoms with E-state index in [1.165, 1.54) is 0 Å². The number of carbonyl (C=O) groups excluding carboxylic acids is 3. The van der Waals surface area contributed by atoms with Crippen molar-refractivity contribution in [2.45, 2.75) is 52.2 Å². The van der Waals surface area contributed by atoms with E-state index >= 15 is 0 Å². The van der Waals surface area contributed by atoms with Gasteiger partial charge in [0.15, 0.2) is 6.10 Å². The minimum atomic E-state index is -0.914. The van der Waals surface area contributed by atoms with Gasteiger partial charge in [-0.05, 0) is 27.2 Å². The molecule has 0 saturated carbocycles. The summed E-state index contributed by atoms with van der Waals surface area (Å²) in [4.78, 5) is 34.7. The standard InChI is InChI=1S/C13H21NO5/c1-5-9(12(17)19-13(2,3)4)18-11(16)8-6-10(15)14-7-8/h8-9H,5-7H2,1-4H3,(H,14,15)/t8?,9-/m0/s1. The van der Waals surface area contributed by atoms with Crippen LogP contribution in [0.4, 0.5) is 0 Å². The highest BCUT2D eigenvalue weighted by Crippen LogP contribution is 2.16. The van der Waals surface area contributed by atoms with Crippen LogP contribution in [0.5, 0.6) is 0 Å². The molecule has 0 bridgehead atoms. The first-order valence-electron chi connectivity index (χ1n) is 6.43. The van der Waals surface area contributed by atoms with Crippen LogP contribution >= 0.6 is 0 Å². The van der Waals surface area contributed by atoms with Gasteiger partial charge >= 0.3 is 11.9 Å². The summed E-state index contributed by atoms with van der Waals surface area (Å²) in [5, 5.41) is 2.55. The van der Waals surface area contributed by atoms with E-state index in [0.29, 0.717) is 6.42 Å². The van der Waals surface area contributed by atoms with Gasteiger partial charge in [0.2, 0.25) is 5.91 Å². The van der Waals surface area contributed by atoms with Gasteiger partial charge in [0, 0.05) is 13.0 Å². The molecule has 0 radical (unpaired) electrons. The highest BCUT2D eigenvalue weighted by molar-refractivity contribution is 5.88. The monoisotopic (exact) mass is 271 g/mol. The first kappa shape index (κ1) is 15.5. The molecule has 6 heteroatoms. The molecule has 108 valence electrons. The Morgan fingerprint density at radius 3 is 2.47 bits per heavy atom. The van der Waals surface area contributed by atoms with Gasteiger partial charge in [-0.15, -0.1) is 0 Å². The minimum Gasteiger partial charge on any atom is -0.457 e. The van der Waals surface area contributed by atoms with E-state index in [1.807, 2.05) is 0 Å². The number of esters is 2. The van der Waals surface area contributed by atoms with Crippen LogP contribution in [0.15, 0.2) is 0 Å². The van der Waals surface area contributed by atoms with Crippen LogP contribution in [0, 0.1) is 5.92 Å². The quantitative estimate of drug-likeness (QED) is 0.764. The molecule has 1 fully saturated rings. The van der Waals surface area contributed by atoms with E-state index < -0.39 is 29.6 Å². The zero-order valence-electron chi connectivity index (χ0n) is 11.8. The summed E-state index contributed by atoms with van der Waals surface area (Å²) in [6.07, 6.45) is -0.458. The van der Waals surface area contributed by atoms with Crippen molar-refractivity contribution in [2.75, 3.05) is 6.54 Å². The smallest absolute Gasteiger partial charge is 0.347 e. The van der Waals surface area contributed by atoms with Crippen molar-refractivity contribution in [3.05, 3.63) is 0 Å². The summed E-state index contributed by atoms with van der Waals surface area (Å²) in [6.45, 7) is 7.25. The molecule has 0 aromatic carbocycles. The topological polar surface area (TPSA) is 81.7 Å². The maximum Gasteiger partial charge on any atom is 0.347 e. The van der Waals surface area contributed by atoms with Gasteiger partial charge in [0.1, 0.15) is 5.60 Å². The van der Waals surface area contributed by atoms with Crippen molar-refractivity contribution in [3.63, 3.8) is 0 Å². The van der Waals surface area contributed by atoms with Gasteiger partial charge in [0.05, 0.1) is 5.92 Å². The van der Waals surface area contributed by atoms with Crippen molar-refractivity contribution in [1.82, 2.24) is 5.32 Å². The molecular formula is C13H21NO5. The zero-order valence-corrected chi connectivity index (χ0v) is 11.8. The average Bonchev–Trinajstić information content (AvgIpc) is 2.69. The number of hydrogen-bond donors (Lipinski definition) is 1. The molecule has 1 heterocycles. The second-order valence-corrected chi connectivity index (χ2v) is 5.57. The van der Waals surface area contributed by atoms with Crippen molar-refractivity contribution in [1.29, 1.82) is 0 Å². The maximum absolute atomic E-state index is 11.8. The Morgan fingerprint density at radius 2 is 2.05 bits per heavy atom. The van der Waals surface area contributed by atoms with E-state index in [-0.39, 0.29) is 18.9 Å². The molecule has 1 rings (SSSR count). The normalized spacial score (nSPS) is 20.6. The largest absolute Gasteiger partial charge is 0.457 e. The SMILES string of the molecule is CC[C@H](OC(=O)C1CNC(=O)C1)C(=O)OC(C)(C)C. The molecular weight excluding hydrogens is 250 g/mol. The Balaban J connectivity index is 2.54. The van der Waals surface area contributed by atoms with Crippen LogP contribution in [0.2, 0.25) is 0 Å². The molecule has 1 N–H and O–H groups in total. The lowest BCUT2D eigenvalue weighted by Crippen LogP contribution is -2.36. The summed E-state index contributed by atoms with van der Waals surface area (Å²) >= 11 is 0. The highest BCUT2D eigenvalue weighted by Gasteiger charge is 2.33. The number of amides is 1. The van der Waals surface area contributed by atoms with Gasteiger partial charge in [0.25, 0.3) is 0 Å². The molecule has 1 unspecified atom stereocenters. The van der Waals surface area contributed by atoms with Crippen molar-refractivity contribution in [3.8, 4) is 0 Å². The van der Waals surface area contributed by atoms with Crippen LogP contribution in [0.3, 0.4) is 0 Å². The first-order chi connectivity index (χ1) is 8.73. The van der Waals surface area contributed by atoms with Crippen LogP contribution < -0.4 is 5.32 Å². The third-order valence-electron chi connectivity index (χ3n) is 2.61. The van der Waals surface area contributed by atoms with Gasteiger partial charge in [-0.2, -0.15) is 0 Å². The molecule has 1 saturated heterocycles. The molecule has 1 aliphatic heterocycles. The molecule has 2 atom stereocenters. The lowest BCUT2D eigenvalue weighted by Gasteiger charge is -2.23. The van der Waals surface area contributed by atoms with Crippen LogP contribution in [0.25, 0.3) is 0 Å². The molecule has 0 aromatic rings. The number of carbonyl (C=O) groups is 3. The molecule has 6 nitrogen and oxygen atoms in total. The Bertz CT molecular complexity index is 372. The van der Waals surface area contributed by atoms with Gasteiger partial charge < -0.3 is 14.8 Å². The number of nitrogens with one attached hydrogen (secondary N) is 1. The van der Waals surface area contributed by atoms with Crippen molar-refractivity contribution in [2.24, 2.45) is 5.92 Å². The third kappa shape index (κ3) is 4.89. The summed E-state index contributed by atoms with van der Waals surface area (Å²) < 4.78 is 10.3. The molecule has 0 aromatic heterocycles. The van der Waals surface area contributed by atoms with E-state index in [0.717, 1.165) is 0 Å². The summed E-state index contributed by atoms with van der Waals surface area (Å²) in [7, 11) is 0. The third-order valence-corrected chi connectivity index (χ3v) is 2.61. The van der Waals surface area contributed by atoms with Gasteiger partial charge in [-0.25, -0.2) is 4.79 Å². The Kier molecular flexibility index (Phi) is 4.91. The Morgan fingerprint density at radius 1 is 1.42 bits per heavy atom. The van der Waals surface area contributed by atoms with Crippen LogP contribution in [-0.4, -0.2) is 36.1 Å². The Labute approximate surface area is 112 Å². The van der Waals surface area contributed by atoms with Crippen molar-refractivity contribution < 1.29 is 23.9 Å². The average molecular weight is 271 g/mol. The van der Waals surface area contributed by atoms with E-state index in [2.05, 4.69) is 5.32 Å². The zero-order chi connectivity index (χ0) is 14.6.